The Morgan fingerprint density at radius 1 is 1.41 bits per heavy atom. The lowest BCUT2D eigenvalue weighted by molar-refractivity contribution is 0.186. The van der Waals surface area contributed by atoms with Gasteiger partial charge in [0.25, 0.3) is 0 Å². The molecular weight excluding hydrogens is 296 g/mol. The van der Waals surface area contributed by atoms with Gasteiger partial charge in [-0.15, -0.1) is 11.3 Å². The molecule has 1 aliphatic heterocycles. The molecule has 0 fully saturated rings. The van der Waals surface area contributed by atoms with Crippen LogP contribution >= 0.6 is 11.3 Å². The molecule has 0 radical (unpaired) electrons. The summed E-state index contributed by atoms with van der Waals surface area (Å²) in [5.41, 5.74) is 2.84. The number of aromatic nitrogens is 1. The van der Waals surface area contributed by atoms with Gasteiger partial charge in [0, 0.05) is 37.3 Å². The van der Waals surface area contributed by atoms with Crippen molar-refractivity contribution in [2.24, 2.45) is 0 Å². The van der Waals surface area contributed by atoms with Crippen molar-refractivity contribution in [3.05, 3.63) is 47.0 Å². The van der Waals surface area contributed by atoms with Crippen LogP contribution in [-0.4, -0.2) is 35.0 Å². The highest BCUT2D eigenvalue weighted by Gasteiger charge is 2.20. The van der Waals surface area contributed by atoms with Crippen LogP contribution in [0.5, 0.6) is 0 Å². The quantitative estimate of drug-likeness (QED) is 0.912. The summed E-state index contributed by atoms with van der Waals surface area (Å²) in [6, 6.07) is 8.69. The Kier molecular flexibility index (Phi) is 4.70. The van der Waals surface area contributed by atoms with Gasteiger partial charge in [0.05, 0.1) is 0 Å². The maximum atomic E-state index is 11.8. The summed E-state index contributed by atoms with van der Waals surface area (Å²) in [5.74, 6) is 0. The molecule has 22 heavy (non-hydrogen) atoms. The Bertz CT molecular complexity index is 629. The first-order chi connectivity index (χ1) is 10.7. The van der Waals surface area contributed by atoms with Crippen LogP contribution in [0.25, 0.3) is 0 Å². The highest BCUT2D eigenvalue weighted by molar-refractivity contribution is 7.13. The highest BCUT2D eigenvalue weighted by atomic mass is 32.1. The van der Waals surface area contributed by atoms with Gasteiger partial charge in [0.2, 0.25) is 0 Å². The topological polar surface area (TPSA) is 57.3 Å². The fourth-order valence-electron chi connectivity index (χ4n) is 2.69. The number of carbonyl (C=O) groups is 1. The molecule has 1 atom stereocenters. The van der Waals surface area contributed by atoms with Crippen molar-refractivity contribution in [2.75, 3.05) is 18.4 Å². The number of thiazole rings is 1. The standard InChI is InChI=1S/C16H20N4OS/c1-12(10-18-15(21)19-16-17-7-9-22-16)20-8-6-13-4-2-3-5-14(13)11-20/h2-5,7,9,12H,6,8,10-11H2,1H3,(H2,17,18,19,21). The molecule has 2 N–H and O–H groups in total. The largest absolute Gasteiger partial charge is 0.336 e. The fraction of sp³-hybridized carbons (Fsp3) is 0.375. The lowest BCUT2D eigenvalue weighted by Crippen LogP contribution is -2.45. The van der Waals surface area contributed by atoms with E-state index < -0.39 is 0 Å². The molecule has 5 nitrogen and oxygen atoms in total. The van der Waals surface area contributed by atoms with E-state index >= 15 is 0 Å². The van der Waals surface area contributed by atoms with E-state index in [1.54, 1.807) is 6.20 Å². The maximum absolute atomic E-state index is 11.8. The Morgan fingerprint density at radius 2 is 2.23 bits per heavy atom. The number of nitrogens with zero attached hydrogens (tertiary/aromatic N) is 2. The van der Waals surface area contributed by atoms with Gasteiger partial charge >= 0.3 is 6.03 Å². The average molecular weight is 316 g/mol. The molecule has 2 aromatic rings. The van der Waals surface area contributed by atoms with Gasteiger partial charge in [0.1, 0.15) is 0 Å². The van der Waals surface area contributed by atoms with Gasteiger partial charge in [-0.25, -0.2) is 9.78 Å². The Hall–Kier alpha value is -1.92. The van der Waals surface area contributed by atoms with Crippen LogP contribution in [0, 0.1) is 0 Å². The predicted octanol–water partition coefficient (Wildman–Crippen LogP) is 2.71. The lowest BCUT2D eigenvalue weighted by atomic mass is 9.99. The van der Waals surface area contributed by atoms with E-state index in [2.05, 4.69) is 51.7 Å². The number of anilines is 1. The number of benzene rings is 1. The average Bonchev–Trinajstić information content (AvgIpc) is 3.05. The third-order valence-corrected chi connectivity index (χ3v) is 4.68. The van der Waals surface area contributed by atoms with E-state index in [0.29, 0.717) is 17.7 Å². The Labute approximate surface area is 134 Å². The summed E-state index contributed by atoms with van der Waals surface area (Å²) in [6.45, 7) is 4.76. The summed E-state index contributed by atoms with van der Waals surface area (Å²) in [6.07, 6.45) is 2.75. The second-order valence-electron chi connectivity index (χ2n) is 5.51. The number of nitrogens with one attached hydrogen (secondary N) is 2. The molecule has 0 spiro atoms. The molecular formula is C16H20N4OS. The van der Waals surface area contributed by atoms with Crippen LogP contribution < -0.4 is 10.6 Å². The van der Waals surface area contributed by atoms with Crippen molar-refractivity contribution in [3.8, 4) is 0 Å². The minimum atomic E-state index is -0.195. The SMILES string of the molecule is CC(CNC(=O)Nc1nccs1)N1CCc2ccccc2C1. The van der Waals surface area contributed by atoms with Gasteiger partial charge in [-0.1, -0.05) is 24.3 Å². The summed E-state index contributed by atoms with van der Waals surface area (Å²) in [7, 11) is 0. The van der Waals surface area contributed by atoms with E-state index in [-0.39, 0.29) is 6.03 Å². The predicted molar refractivity (Wildman–Crippen MR) is 89.2 cm³/mol. The first kappa shape index (κ1) is 15.0. The molecule has 2 amide bonds. The summed E-state index contributed by atoms with van der Waals surface area (Å²) in [4.78, 5) is 18.3. The second kappa shape index (κ2) is 6.89. The number of hydrogen-bond donors (Lipinski definition) is 2. The van der Waals surface area contributed by atoms with E-state index in [0.717, 1.165) is 19.5 Å². The van der Waals surface area contributed by atoms with Gasteiger partial charge in [-0.3, -0.25) is 10.2 Å². The Balaban J connectivity index is 1.48. The van der Waals surface area contributed by atoms with Gasteiger partial charge in [-0.05, 0) is 24.5 Å². The van der Waals surface area contributed by atoms with Crippen molar-refractivity contribution in [3.63, 3.8) is 0 Å². The summed E-state index contributed by atoms with van der Waals surface area (Å²) >= 11 is 1.41. The van der Waals surface area contributed by atoms with Crippen LogP contribution in [0.4, 0.5) is 9.93 Å². The molecule has 0 bridgehead atoms. The number of fused-ring (bicyclic) bond motifs is 1. The molecule has 0 aliphatic carbocycles. The molecule has 0 saturated heterocycles. The van der Waals surface area contributed by atoms with Gasteiger partial charge in [-0.2, -0.15) is 0 Å². The maximum Gasteiger partial charge on any atom is 0.321 e. The molecule has 1 aliphatic rings. The molecule has 116 valence electrons. The van der Waals surface area contributed by atoms with Crippen molar-refractivity contribution in [2.45, 2.75) is 25.9 Å². The van der Waals surface area contributed by atoms with Crippen LogP contribution in [0.15, 0.2) is 35.8 Å². The molecule has 1 aromatic heterocycles. The zero-order valence-corrected chi connectivity index (χ0v) is 13.4. The zero-order chi connectivity index (χ0) is 15.4. The lowest BCUT2D eigenvalue weighted by Gasteiger charge is -2.33. The van der Waals surface area contributed by atoms with Gasteiger partial charge in [0.15, 0.2) is 5.13 Å². The van der Waals surface area contributed by atoms with Crippen LogP contribution in [0.3, 0.4) is 0 Å². The smallest absolute Gasteiger partial charge is 0.321 e. The zero-order valence-electron chi connectivity index (χ0n) is 12.6. The monoisotopic (exact) mass is 316 g/mol. The van der Waals surface area contributed by atoms with E-state index in [1.165, 1.54) is 22.5 Å². The van der Waals surface area contributed by atoms with Crippen LogP contribution in [0.1, 0.15) is 18.1 Å². The number of urea groups is 1. The van der Waals surface area contributed by atoms with Crippen molar-refractivity contribution in [1.29, 1.82) is 0 Å². The molecule has 6 heteroatoms. The highest BCUT2D eigenvalue weighted by Crippen LogP contribution is 2.20. The normalized spacial score (nSPS) is 15.9. The van der Waals surface area contributed by atoms with Gasteiger partial charge < -0.3 is 5.32 Å². The molecule has 1 aromatic carbocycles. The first-order valence-electron chi connectivity index (χ1n) is 7.47. The third-order valence-electron chi connectivity index (χ3n) is 3.99. The van der Waals surface area contributed by atoms with E-state index in [9.17, 15) is 4.79 Å². The number of amides is 2. The van der Waals surface area contributed by atoms with Crippen LogP contribution in [-0.2, 0) is 13.0 Å². The number of rotatable bonds is 4. The summed E-state index contributed by atoms with van der Waals surface area (Å²) in [5, 5.41) is 8.11. The minimum absolute atomic E-state index is 0.195. The number of hydrogen-bond acceptors (Lipinski definition) is 4. The van der Waals surface area contributed by atoms with E-state index in [1.807, 2.05) is 5.38 Å². The van der Waals surface area contributed by atoms with Crippen molar-refractivity contribution >= 4 is 22.5 Å². The third kappa shape index (κ3) is 3.64. The molecule has 2 heterocycles. The minimum Gasteiger partial charge on any atom is -0.336 e. The van der Waals surface area contributed by atoms with Crippen molar-refractivity contribution < 1.29 is 4.79 Å². The molecule has 1 unspecified atom stereocenters. The van der Waals surface area contributed by atoms with Crippen molar-refractivity contribution in [1.82, 2.24) is 15.2 Å². The Morgan fingerprint density at radius 3 is 3.00 bits per heavy atom. The fourth-order valence-corrected chi connectivity index (χ4v) is 3.21. The van der Waals surface area contributed by atoms with E-state index in [4.69, 9.17) is 0 Å². The molecule has 3 rings (SSSR count). The van der Waals surface area contributed by atoms with Crippen LogP contribution in [0.2, 0.25) is 0 Å². The summed E-state index contributed by atoms with van der Waals surface area (Å²) < 4.78 is 0. The second-order valence-corrected chi connectivity index (χ2v) is 6.41. The molecule has 0 saturated carbocycles. The number of carbonyl (C=O) groups excluding carboxylic acids is 1. The first-order valence-corrected chi connectivity index (χ1v) is 8.35.